The molecule has 9 heteroatoms. The van der Waals surface area contributed by atoms with Gasteiger partial charge in [0.2, 0.25) is 0 Å². The molecule has 0 fully saturated rings. The minimum atomic E-state index is -3.81. The number of benzene rings is 3. The van der Waals surface area contributed by atoms with Gasteiger partial charge >= 0.3 is 0 Å². The Kier molecular flexibility index (Phi) is 6.72. The summed E-state index contributed by atoms with van der Waals surface area (Å²) in [4.78, 5) is 17.3. The lowest BCUT2D eigenvalue weighted by molar-refractivity contribution is 0.0951. The van der Waals surface area contributed by atoms with Crippen LogP contribution in [-0.4, -0.2) is 23.9 Å². The highest BCUT2D eigenvalue weighted by Crippen LogP contribution is 2.24. The van der Waals surface area contributed by atoms with Gasteiger partial charge in [0.25, 0.3) is 15.9 Å². The number of para-hydroxylation sites is 1. The van der Waals surface area contributed by atoms with Crippen molar-refractivity contribution in [3.63, 3.8) is 0 Å². The number of imidazole rings is 1. The van der Waals surface area contributed by atoms with E-state index in [0.717, 1.165) is 22.6 Å². The molecule has 1 amide bonds. The van der Waals surface area contributed by atoms with E-state index >= 15 is 0 Å². The number of hydrogen-bond acceptors (Lipinski definition) is 4. The van der Waals surface area contributed by atoms with Crippen LogP contribution in [0.1, 0.15) is 27.3 Å². The molecule has 1 aromatic heterocycles. The number of anilines is 1. The average molecular weight is 495 g/mol. The van der Waals surface area contributed by atoms with Crippen molar-refractivity contribution >= 4 is 33.2 Å². The molecule has 0 unspecified atom stereocenters. The van der Waals surface area contributed by atoms with Gasteiger partial charge in [0.15, 0.2) is 0 Å². The predicted octanol–water partition coefficient (Wildman–Crippen LogP) is 4.87. The molecule has 0 aliphatic carbocycles. The monoisotopic (exact) mass is 494 g/mol. The summed E-state index contributed by atoms with van der Waals surface area (Å²) >= 11 is 6.26. The molecular weight excluding hydrogens is 472 g/mol. The maximum absolute atomic E-state index is 12.9. The maximum atomic E-state index is 12.9. The van der Waals surface area contributed by atoms with E-state index in [4.69, 9.17) is 11.6 Å². The lowest BCUT2D eigenvalue weighted by Crippen LogP contribution is -2.24. The molecule has 0 bridgehead atoms. The predicted molar refractivity (Wildman–Crippen MR) is 133 cm³/mol. The first-order valence-electron chi connectivity index (χ1n) is 10.5. The van der Waals surface area contributed by atoms with Gasteiger partial charge in [-0.05, 0) is 55.8 Å². The average Bonchev–Trinajstić information content (AvgIpc) is 3.24. The van der Waals surface area contributed by atoms with Crippen LogP contribution in [0.2, 0.25) is 5.02 Å². The molecule has 0 saturated heterocycles. The second-order valence-corrected chi connectivity index (χ2v) is 9.86. The normalized spacial score (nSPS) is 11.3. The molecule has 34 heavy (non-hydrogen) atoms. The van der Waals surface area contributed by atoms with Gasteiger partial charge in [-0.3, -0.25) is 9.52 Å². The lowest BCUT2D eigenvalue weighted by Gasteiger charge is -2.14. The van der Waals surface area contributed by atoms with Crippen LogP contribution >= 0.6 is 11.6 Å². The molecule has 4 rings (SSSR count). The van der Waals surface area contributed by atoms with Gasteiger partial charge < -0.3 is 9.88 Å². The number of halogens is 1. The van der Waals surface area contributed by atoms with Gasteiger partial charge in [-0.1, -0.05) is 47.5 Å². The van der Waals surface area contributed by atoms with Crippen molar-refractivity contribution < 1.29 is 13.2 Å². The number of aryl methyl sites for hydroxylation is 2. The molecule has 2 N–H and O–H groups in total. The van der Waals surface area contributed by atoms with Crippen LogP contribution in [-0.2, 0) is 16.6 Å². The third-order valence-electron chi connectivity index (χ3n) is 5.31. The zero-order valence-electron chi connectivity index (χ0n) is 18.6. The molecule has 0 atom stereocenters. The third kappa shape index (κ3) is 5.13. The molecule has 1 heterocycles. The van der Waals surface area contributed by atoms with Crippen molar-refractivity contribution in [1.29, 1.82) is 0 Å². The van der Waals surface area contributed by atoms with Crippen molar-refractivity contribution in [2.24, 2.45) is 0 Å². The zero-order chi connectivity index (χ0) is 24.3. The molecule has 174 valence electrons. The van der Waals surface area contributed by atoms with Crippen LogP contribution in [0, 0.1) is 13.8 Å². The van der Waals surface area contributed by atoms with Gasteiger partial charge in [0.1, 0.15) is 5.82 Å². The van der Waals surface area contributed by atoms with E-state index in [-0.39, 0.29) is 27.7 Å². The molecule has 0 aliphatic rings. The summed E-state index contributed by atoms with van der Waals surface area (Å²) in [5.41, 5.74) is 3.16. The molecule has 0 spiro atoms. The van der Waals surface area contributed by atoms with Gasteiger partial charge in [0, 0.05) is 24.6 Å². The van der Waals surface area contributed by atoms with Gasteiger partial charge in [-0.25, -0.2) is 13.4 Å². The van der Waals surface area contributed by atoms with Crippen LogP contribution in [0.5, 0.6) is 0 Å². The van der Waals surface area contributed by atoms with E-state index in [1.807, 2.05) is 48.9 Å². The van der Waals surface area contributed by atoms with E-state index in [1.54, 1.807) is 18.3 Å². The van der Waals surface area contributed by atoms with Crippen LogP contribution in [0.15, 0.2) is 84.0 Å². The number of carbonyl (C=O) groups excluding carboxylic acids is 1. The van der Waals surface area contributed by atoms with Crippen molar-refractivity contribution in [3.8, 4) is 5.69 Å². The first kappa shape index (κ1) is 23.5. The highest BCUT2D eigenvalue weighted by atomic mass is 35.5. The summed E-state index contributed by atoms with van der Waals surface area (Å²) in [6, 6.07) is 18.6. The van der Waals surface area contributed by atoms with E-state index in [0.29, 0.717) is 0 Å². The summed E-state index contributed by atoms with van der Waals surface area (Å²) in [5.74, 6) is 0.411. The van der Waals surface area contributed by atoms with Crippen LogP contribution in [0.4, 0.5) is 5.69 Å². The number of aromatic nitrogens is 2. The Balaban J connectivity index is 1.52. The van der Waals surface area contributed by atoms with E-state index in [9.17, 15) is 13.2 Å². The van der Waals surface area contributed by atoms with Crippen molar-refractivity contribution in [2.75, 3.05) is 4.72 Å². The second kappa shape index (κ2) is 9.70. The highest BCUT2D eigenvalue weighted by Gasteiger charge is 2.17. The third-order valence-corrected chi connectivity index (χ3v) is 7.04. The fraction of sp³-hybridized carbons (Fsp3) is 0.120. The first-order chi connectivity index (χ1) is 16.2. The fourth-order valence-electron chi connectivity index (χ4n) is 3.49. The van der Waals surface area contributed by atoms with Crippen molar-refractivity contribution in [1.82, 2.24) is 14.9 Å². The number of amides is 1. The van der Waals surface area contributed by atoms with Crippen LogP contribution in [0.25, 0.3) is 5.69 Å². The zero-order valence-corrected chi connectivity index (χ0v) is 20.2. The van der Waals surface area contributed by atoms with Crippen LogP contribution < -0.4 is 10.0 Å². The number of hydrogen-bond donors (Lipinski definition) is 2. The molecule has 3 aromatic carbocycles. The topological polar surface area (TPSA) is 93.1 Å². The first-order valence-corrected chi connectivity index (χ1v) is 12.4. The quantitative estimate of drug-likeness (QED) is 0.383. The standard InChI is InChI=1S/C25H23ClN4O3S/c1-17-7-10-21(11-8-17)34(32,33)29-20-9-12-23(26)22(15-20)25(31)28-16-19-5-3-4-6-24(19)30-14-13-27-18(30)2/h3-15,29H,16H2,1-2H3,(H,28,31). The second-order valence-electron chi connectivity index (χ2n) is 7.77. The molecule has 0 radical (unpaired) electrons. The lowest BCUT2D eigenvalue weighted by atomic mass is 10.1. The van der Waals surface area contributed by atoms with Gasteiger partial charge in [-0.2, -0.15) is 0 Å². The summed E-state index contributed by atoms with van der Waals surface area (Å²) in [5, 5.41) is 3.09. The summed E-state index contributed by atoms with van der Waals surface area (Å²) < 4.78 is 29.9. The number of nitrogens with one attached hydrogen (secondary N) is 2. The number of nitrogens with zero attached hydrogens (tertiary/aromatic N) is 2. The Morgan fingerprint density at radius 2 is 1.76 bits per heavy atom. The Hall–Kier alpha value is -3.62. The SMILES string of the molecule is Cc1ccc(S(=O)(=O)Nc2ccc(Cl)c(C(=O)NCc3ccccc3-n3ccnc3C)c2)cc1. The maximum Gasteiger partial charge on any atom is 0.261 e. The molecule has 0 aliphatic heterocycles. The fourth-order valence-corrected chi connectivity index (χ4v) is 4.75. The Labute approximate surface area is 203 Å². The van der Waals surface area contributed by atoms with E-state index in [2.05, 4.69) is 15.0 Å². The molecular formula is C25H23ClN4O3S. The Morgan fingerprint density at radius 1 is 1.03 bits per heavy atom. The Morgan fingerprint density at radius 3 is 2.47 bits per heavy atom. The summed E-state index contributed by atoms with van der Waals surface area (Å²) in [6.45, 7) is 4.03. The van der Waals surface area contributed by atoms with E-state index < -0.39 is 15.9 Å². The van der Waals surface area contributed by atoms with Gasteiger partial charge in [0.05, 0.1) is 21.2 Å². The van der Waals surface area contributed by atoms with E-state index in [1.165, 1.54) is 30.3 Å². The van der Waals surface area contributed by atoms with Crippen molar-refractivity contribution in [3.05, 3.63) is 107 Å². The number of sulfonamides is 1. The van der Waals surface area contributed by atoms with Crippen LogP contribution in [0.3, 0.4) is 0 Å². The number of rotatable bonds is 7. The minimum absolute atomic E-state index is 0.130. The minimum Gasteiger partial charge on any atom is -0.348 e. The molecule has 0 saturated carbocycles. The largest absolute Gasteiger partial charge is 0.348 e. The van der Waals surface area contributed by atoms with Crippen molar-refractivity contribution in [2.45, 2.75) is 25.3 Å². The highest BCUT2D eigenvalue weighted by molar-refractivity contribution is 7.92. The van der Waals surface area contributed by atoms with Gasteiger partial charge in [-0.15, -0.1) is 0 Å². The number of carbonyl (C=O) groups is 1. The smallest absolute Gasteiger partial charge is 0.261 e. The molecule has 7 nitrogen and oxygen atoms in total. The summed E-state index contributed by atoms with van der Waals surface area (Å²) in [6.07, 6.45) is 3.57. The summed E-state index contributed by atoms with van der Waals surface area (Å²) in [7, 11) is -3.81. The Bertz CT molecular complexity index is 1450. The molecule has 4 aromatic rings.